The smallest absolute Gasteiger partial charge is 0.161 e. The molecule has 0 radical (unpaired) electrons. The zero-order chi connectivity index (χ0) is 24.4. The molecular formula is C29H31N3O3. The highest BCUT2D eigenvalue weighted by Gasteiger charge is 2.22. The summed E-state index contributed by atoms with van der Waals surface area (Å²) in [5, 5.41) is 5.78. The monoisotopic (exact) mass is 469 g/mol. The maximum absolute atomic E-state index is 5.64. The van der Waals surface area contributed by atoms with Crippen LogP contribution >= 0.6 is 0 Å². The fourth-order valence-electron chi connectivity index (χ4n) is 4.79. The average molecular weight is 470 g/mol. The molecule has 1 aliphatic rings. The summed E-state index contributed by atoms with van der Waals surface area (Å²) in [5.41, 5.74) is 5.22. The van der Waals surface area contributed by atoms with Crippen LogP contribution in [0.2, 0.25) is 0 Å². The van der Waals surface area contributed by atoms with E-state index in [1.54, 1.807) is 21.3 Å². The van der Waals surface area contributed by atoms with Crippen LogP contribution in [-0.2, 0) is 0 Å². The van der Waals surface area contributed by atoms with E-state index in [9.17, 15) is 0 Å². The number of nitrogens with one attached hydrogen (secondary N) is 1. The molecule has 6 nitrogen and oxygen atoms in total. The van der Waals surface area contributed by atoms with E-state index >= 15 is 0 Å². The second-order valence-corrected chi connectivity index (χ2v) is 8.75. The number of hydrogen-bond acceptors (Lipinski definition) is 6. The van der Waals surface area contributed by atoms with Gasteiger partial charge in [0, 0.05) is 42.7 Å². The van der Waals surface area contributed by atoms with Crippen molar-refractivity contribution in [1.29, 1.82) is 0 Å². The summed E-state index contributed by atoms with van der Waals surface area (Å²) in [6.07, 6.45) is 0. The molecule has 1 saturated heterocycles. The largest absolute Gasteiger partial charge is 0.497 e. The highest BCUT2D eigenvalue weighted by atomic mass is 16.5. The quantitative estimate of drug-likeness (QED) is 0.413. The van der Waals surface area contributed by atoms with Crippen molar-refractivity contribution < 1.29 is 14.2 Å². The molecule has 1 fully saturated rings. The van der Waals surface area contributed by atoms with Crippen LogP contribution in [0.15, 0.2) is 60.7 Å². The summed E-state index contributed by atoms with van der Waals surface area (Å²) in [6.45, 7) is 5.85. The molecule has 1 aromatic heterocycles. The summed E-state index contributed by atoms with van der Waals surface area (Å²) in [4.78, 5) is 7.73. The van der Waals surface area contributed by atoms with Crippen LogP contribution < -0.4 is 24.4 Å². The Hall–Kier alpha value is -3.77. The normalized spacial score (nSPS) is 13.7. The Labute approximate surface area is 206 Å². The summed E-state index contributed by atoms with van der Waals surface area (Å²) >= 11 is 0. The number of fused-ring (bicyclic) bond motifs is 1. The van der Waals surface area contributed by atoms with Crippen LogP contribution in [0.1, 0.15) is 5.56 Å². The van der Waals surface area contributed by atoms with Crippen molar-refractivity contribution in [2.75, 3.05) is 52.4 Å². The van der Waals surface area contributed by atoms with Gasteiger partial charge in [-0.25, -0.2) is 4.98 Å². The fraction of sp³-hybridized carbons (Fsp3) is 0.276. The van der Waals surface area contributed by atoms with Crippen LogP contribution in [-0.4, -0.2) is 52.5 Å². The van der Waals surface area contributed by atoms with Gasteiger partial charge in [0.15, 0.2) is 11.5 Å². The van der Waals surface area contributed by atoms with Gasteiger partial charge in [-0.3, -0.25) is 0 Å². The Kier molecular flexibility index (Phi) is 6.47. The van der Waals surface area contributed by atoms with Gasteiger partial charge in [-0.15, -0.1) is 0 Å². The van der Waals surface area contributed by atoms with Gasteiger partial charge in [0.25, 0.3) is 0 Å². The molecule has 35 heavy (non-hydrogen) atoms. The van der Waals surface area contributed by atoms with E-state index in [4.69, 9.17) is 19.2 Å². The number of ether oxygens (including phenoxy) is 3. The first-order chi connectivity index (χ1) is 17.1. The second-order valence-electron chi connectivity index (χ2n) is 8.75. The van der Waals surface area contributed by atoms with Crippen LogP contribution in [0, 0.1) is 6.92 Å². The van der Waals surface area contributed by atoms with E-state index in [1.807, 2.05) is 24.3 Å². The summed E-state index contributed by atoms with van der Waals surface area (Å²) in [5.74, 6) is 3.19. The van der Waals surface area contributed by atoms with Gasteiger partial charge < -0.3 is 24.4 Å². The molecule has 1 aliphatic heterocycles. The number of methoxy groups -OCH3 is 3. The first-order valence-corrected chi connectivity index (χ1v) is 11.9. The summed E-state index contributed by atoms with van der Waals surface area (Å²) < 4.78 is 16.7. The lowest BCUT2D eigenvalue weighted by molar-refractivity contribution is 0.355. The van der Waals surface area contributed by atoms with Gasteiger partial charge >= 0.3 is 0 Å². The minimum absolute atomic E-state index is 0.677. The molecule has 1 N–H and O–H groups in total. The Morgan fingerprint density at radius 1 is 0.771 bits per heavy atom. The molecule has 0 spiro atoms. The third-order valence-corrected chi connectivity index (χ3v) is 6.57. The number of pyridine rings is 1. The van der Waals surface area contributed by atoms with E-state index in [0.29, 0.717) is 11.5 Å². The predicted octanol–water partition coefficient (Wildman–Crippen LogP) is 5.31. The minimum atomic E-state index is 0.677. The summed E-state index contributed by atoms with van der Waals surface area (Å²) in [6, 6.07) is 20.8. The molecule has 3 aromatic carbocycles. The maximum Gasteiger partial charge on any atom is 0.161 e. The van der Waals surface area contributed by atoms with Gasteiger partial charge in [0.1, 0.15) is 11.6 Å². The molecule has 0 saturated carbocycles. The lowest BCUT2D eigenvalue weighted by Gasteiger charge is -2.30. The lowest BCUT2D eigenvalue weighted by atomic mass is 9.92. The van der Waals surface area contributed by atoms with Crippen molar-refractivity contribution in [3.05, 3.63) is 66.2 Å². The topological polar surface area (TPSA) is 55.9 Å². The van der Waals surface area contributed by atoms with Crippen molar-refractivity contribution in [3.8, 4) is 39.6 Å². The number of benzene rings is 3. The van der Waals surface area contributed by atoms with E-state index in [1.165, 1.54) is 10.9 Å². The molecule has 2 heterocycles. The predicted molar refractivity (Wildman–Crippen MR) is 142 cm³/mol. The molecular weight excluding hydrogens is 438 g/mol. The fourth-order valence-corrected chi connectivity index (χ4v) is 4.79. The first kappa shape index (κ1) is 23.0. The molecule has 0 unspecified atom stereocenters. The Morgan fingerprint density at radius 3 is 2.31 bits per heavy atom. The van der Waals surface area contributed by atoms with Gasteiger partial charge in [-0.2, -0.15) is 0 Å². The Balaban J connectivity index is 1.86. The third kappa shape index (κ3) is 4.37. The Morgan fingerprint density at radius 2 is 1.57 bits per heavy atom. The van der Waals surface area contributed by atoms with E-state index in [2.05, 4.69) is 53.5 Å². The number of rotatable bonds is 6. The van der Waals surface area contributed by atoms with Gasteiger partial charge in [-0.05, 0) is 48.2 Å². The van der Waals surface area contributed by atoms with Crippen molar-refractivity contribution in [1.82, 2.24) is 10.3 Å². The number of aromatic nitrogens is 1. The molecule has 0 bridgehead atoms. The number of hydrogen-bond donors (Lipinski definition) is 1. The molecule has 5 rings (SSSR count). The van der Waals surface area contributed by atoms with Crippen molar-refractivity contribution in [3.63, 3.8) is 0 Å². The SMILES string of the molecule is COc1cccc(-c2c(-c3ccc(OC)c(OC)c3)nc(N3CCNCC3)c3ccc(C)cc23)c1. The lowest BCUT2D eigenvalue weighted by Crippen LogP contribution is -2.44. The van der Waals surface area contributed by atoms with Crippen LogP contribution in [0.25, 0.3) is 33.2 Å². The molecule has 4 aromatic rings. The molecule has 180 valence electrons. The number of piperazine rings is 1. The van der Waals surface area contributed by atoms with Crippen molar-refractivity contribution in [2.24, 2.45) is 0 Å². The molecule has 0 atom stereocenters. The first-order valence-electron chi connectivity index (χ1n) is 11.9. The van der Waals surface area contributed by atoms with E-state index in [-0.39, 0.29) is 0 Å². The van der Waals surface area contributed by atoms with Gasteiger partial charge in [0.05, 0.1) is 27.0 Å². The Bertz CT molecular complexity index is 1360. The molecule has 6 heteroatoms. The highest BCUT2D eigenvalue weighted by Crippen LogP contribution is 2.43. The van der Waals surface area contributed by atoms with E-state index in [0.717, 1.165) is 65.5 Å². The van der Waals surface area contributed by atoms with Crippen molar-refractivity contribution in [2.45, 2.75) is 6.92 Å². The highest BCUT2D eigenvalue weighted by molar-refractivity contribution is 6.07. The third-order valence-electron chi connectivity index (χ3n) is 6.57. The van der Waals surface area contributed by atoms with Crippen LogP contribution in [0.3, 0.4) is 0 Å². The number of aryl methyl sites for hydroxylation is 1. The average Bonchev–Trinajstić information content (AvgIpc) is 2.92. The summed E-state index contributed by atoms with van der Waals surface area (Å²) in [7, 11) is 5.01. The zero-order valence-electron chi connectivity index (χ0n) is 20.7. The second kappa shape index (κ2) is 9.84. The van der Waals surface area contributed by atoms with E-state index < -0.39 is 0 Å². The van der Waals surface area contributed by atoms with Gasteiger partial charge in [-0.1, -0.05) is 35.9 Å². The molecule has 0 amide bonds. The van der Waals surface area contributed by atoms with Crippen LogP contribution in [0.4, 0.5) is 5.82 Å². The number of nitrogens with zero attached hydrogens (tertiary/aromatic N) is 2. The zero-order valence-corrected chi connectivity index (χ0v) is 20.7. The maximum atomic E-state index is 5.64. The van der Waals surface area contributed by atoms with Gasteiger partial charge in [0.2, 0.25) is 0 Å². The standard InChI is InChI=1S/C29H31N3O3/c1-19-8-10-23-24(16-19)27(20-6-5-7-22(17-20)33-2)28(31-29(23)32-14-12-30-13-15-32)21-9-11-25(34-3)26(18-21)35-4/h5-11,16-18,30H,12-15H2,1-4H3. The van der Waals surface area contributed by atoms with Crippen LogP contribution in [0.5, 0.6) is 17.2 Å². The molecule has 0 aliphatic carbocycles. The number of anilines is 1. The van der Waals surface area contributed by atoms with Crippen molar-refractivity contribution >= 4 is 16.6 Å². The minimum Gasteiger partial charge on any atom is -0.497 e.